The highest BCUT2D eigenvalue weighted by molar-refractivity contribution is 8.01. The molecule has 1 saturated heterocycles. The monoisotopic (exact) mass is 226 g/mol. The fourth-order valence-electron chi connectivity index (χ4n) is 2.01. The molecule has 1 fully saturated rings. The maximum atomic E-state index is 3.60. The predicted octanol–water partition coefficient (Wildman–Crippen LogP) is 3.87. The molecule has 15 heavy (non-hydrogen) atoms. The van der Waals surface area contributed by atoms with Crippen LogP contribution in [0.2, 0.25) is 0 Å². The van der Waals surface area contributed by atoms with Gasteiger partial charge in [0.1, 0.15) is 0 Å². The molecule has 1 N–H and O–H groups in total. The molecular formula is C12H22N2S. The number of nitrogens with one attached hydrogen (secondary N) is 1. The number of H-pyrrole nitrogens is 1. The lowest BCUT2D eigenvalue weighted by Gasteiger charge is -2.39. The molecule has 3 heteroatoms. The molecule has 0 saturated carbocycles. The van der Waals surface area contributed by atoms with Crippen LogP contribution >= 0.6 is 11.8 Å². The zero-order valence-corrected chi connectivity index (χ0v) is 11.0. The van der Waals surface area contributed by atoms with E-state index in [4.69, 9.17) is 0 Å². The standard InChI is InChI=1S/C9H18S.C3H4N2/c1-8(2)6-5-7-9(3,4)10-8;1-2-4-5-3-1/h5-7H2,1-4H3;1-3H,(H,4,5). The van der Waals surface area contributed by atoms with Gasteiger partial charge < -0.3 is 0 Å². The van der Waals surface area contributed by atoms with Crippen LogP contribution in [-0.4, -0.2) is 19.7 Å². The Bertz CT molecular complexity index is 234. The van der Waals surface area contributed by atoms with Crippen LogP contribution in [0.15, 0.2) is 18.5 Å². The lowest BCUT2D eigenvalue weighted by molar-refractivity contribution is 0.486. The predicted molar refractivity (Wildman–Crippen MR) is 68.2 cm³/mol. The molecule has 0 unspecified atom stereocenters. The van der Waals surface area contributed by atoms with Crippen molar-refractivity contribution in [3.8, 4) is 0 Å². The summed E-state index contributed by atoms with van der Waals surface area (Å²) in [6.07, 6.45) is 7.65. The molecule has 86 valence electrons. The average molecular weight is 226 g/mol. The van der Waals surface area contributed by atoms with Crippen LogP contribution in [0, 0.1) is 0 Å². The van der Waals surface area contributed by atoms with Crippen molar-refractivity contribution in [2.24, 2.45) is 0 Å². The van der Waals surface area contributed by atoms with Gasteiger partial charge in [0.05, 0.1) is 0 Å². The van der Waals surface area contributed by atoms with Gasteiger partial charge in [0, 0.05) is 21.9 Å². The van der Waals surface area contributed by atoms with E-state index in [0.29, 0.717) is 9.49 Å². The molecule has 2 rings (SSSR count). The minimum Gasteiger partial charge on any atom is -0.286 e. The number of aromatic amines is 1. The molecule has 0 radical (unpaired) electrons. The Balaban J connectivity index is 0.000000187. The fourth-order valence-corrected chi connectivity index (χ4v) is 3.99. The molecule has 1 aromatic rings. The first kappa shape index (κ1) is 12.6. The number of thioether (sulfide) groups is 1. The minimum atomic E-state index is 0.530. The molecule has 0 aliphatic carbocycles. The molecule has 0 bridgehead atoms. The summed E-state index contributed by atoms with van der Waals surface area (Å²) in [4.78, 5) is 0. The van der Waals surface area contributed by atoms with Gasteiger partial charge in [-0.2, -0.15) is 5.10 Å². The number of nitrogens with zero attached hydrogens (tertiary/aromatic N) is 1. The van der Waals surface area contributed by atoms with Gasteiger partial charge >= 0.3 is 0 Å². The van der Waals surface area contributed by atoms with Crippen LogP contribution in [0.5, 0.6) is 0 Å². The van der Waals surface area contributed by atoms with E-state index < -0.39 is 0 Å². The zero-order valence-electron chi connectivity index (χ0n) is 10.2. The van der Waals surface area contributed by atoms with Gasteiger partial charge in [-0.15, -0.1) is 11.8 Å². The van der Waals surface area contributed by atoms with E-state index >= 15 is 0 Å². The molecule has 2 nitrogen and oxygen atoms in total. The highest BCUT2D eigenvalue weighted by Gasteiger charge is 2.33. The Morgan fingerprint density at radius 3 is 1.93 bits per heavy atom. The van der Waals surface area contributed by atoms with Crippen LogP contribution in [0.3, 0.4) is 0 Å². The number of hydrogen-bond donors (Lipinski definition) is 1. The fraction of sp³-hybridized carbons (Fsp3) is 0.750. The first-order valence-corrected chi connectivity index (χ1v) is 6.37. The Morgan fingerprint density at radius 1 is 1.13 bits per heavy atom. The lowest BCUT2D eigenvalue weighted by Crippen LogP contribution is -2.31. The first-order valence-electron chi connectivity index (χ1n) is 5.55. The molecule has 0 atom stereocenters. The molecule has 0 aromatic carbocycles. The summed E-state index contributed by atoms with van der Waals surface area (Å²) >= 11 is 2.15. The number of hydrogen-bond acceptors (Lipinski definition) is 2. The molecule has 0 spiro atoms. The Hall–Kier alpha value is -0.440. The van der Waals surface area contributed by atoms with Gasteiger partial charge in [-0.25, -0.2) is 0 Å². The summed E-state index contributed by atoms with van der Waals surface area (Å²) in [5, 5.41) is 6.21. The third-order valence-corrected chi connectivity index (χ3v) is 4.03. The Morgan fingerprint density at radius 2 is 1.73 bits per heavy atom. The first-order chi connectivity index (χ1) is 6.91. The average Bonchev–Trinajstić information content (AvgIpc) is 2.54. The highest BCUT2D eigenvalue weighted by atomic mass is 32.2. The zero-order chi connectivity index (χ0) is 11.4. The molecule has 0 amide bonds. The van der Waals surface area contributed by atoms with Crippen LogP contribution < -0.4 is 0 Å². The number of aromatic nitrogens is 2. The van der Waals surface area contributed by atoms with Crippen LogP contribution in [0.1, 0.15) is 47.0 Å². The summed E-state index contributed by atoms with van der Waals surface area (Å²) in [7, 11) is 0. The second-order valence-corrected chi connectivity index (χ2v) is 7.66. The van der Waals surface area contributed by atoms with Crippen LogP contribution in [-0.2, 0) is 0 Å². The molecular weight excluding hydrogens is 204 g/mol. The third-order valence-electron chi connectivity index (χ3n) is 2.52. The quantitative estimate of drug-likeness (QED) is 0.727. The summed E-state index contributed by atoms with van der Waals surface area (Å²) in [6, 6.07) is 1.83. The van der Waals surface area contributed by atoms with Gasteiger partial charge in [-0.3, -0.25) is 5.10 Å². The van der Waals surface area contributed by atoms with Gasteiger partial charge in [0.15, 0.2) is 0 Å². The summed E-state index contributed by atoms with van der Waals surface area (Å²) < 4.78 is 1.06. The second-order valence-electron chi connectivity index (χ2n) is 5.24. The smallest absolute Gasteiger partial charge is 0.0487 e. The van der Waals surface area contributed by atoms with Crippen molar-refractivity contribution >= 4 is 11.8 Å². The topological polar surface area (TPSA) is 28.7 Å². The third kappa shape index (κ3) is 5.26. The Kier molecular flexibility index (Phi) is 4.26. The SMILES string of the molecule is CC1(C)CCCC(C)(C)S1.c1cn[nH]c1. The maximum Gasteiger partial charge on any atom is 0.0487 e. The van der Waals surface area contributed by atoms with Crippen molar-refractivity contribution in [3.05, 3.63) is 18.5 Å². The van der Waals surface area contributed by atoms with E-state index in [1.54, 1.807) is 12.4 Å². The van der Waals surface area contributed by atoms with E-state index in [-0.39, 0.29) is 0 Å². The van der Waals surface area contributed by atoms with E-state index in [9.17, 15) is 0 Å². The highest BCUT2D eigenvalue weighted by Crippen LogP contribution is 2.46. The van der Waals surface area contributed by atoms with Gasteiger partial charge in [-0.1, -0.05) is 34.1 Å². The van der Waals surface area contributed by atoms with E-state index in [1.807, 2.05) is 6.07 Å². The maximum absolute atomic E-state index is 3.60. The molecule has 2 heterocycles. The molecule has 1 aliphatic rings. The largest absolute Gasteiger partial charge is 0.286 e. The minimum absolute atomic E-state index is 0.530. The van der Waals surface area contributed by atoms with E-state index in [0.717, 1.165) is 0 Å². The van der Waals surface area contributed by atoms with Gasteiger partial charge in [-0.05, 0) is 18.9 Å². The second kappa shape index (κ2) is 5.06. The van der Waals surface area contributed by atoms with E-state index in [2.05, 4.69) is 49.7 Å². The van der Waals surface area contributed by atoms with Crippen molar-refractivity contribution in [1.29, 1.82) is 0 Å². The van der Waals surface area contributed by atoms with Crippen molar-refractivity contribution in [3.63, 3.8) is 0 Å². The molecule has 1 aliphatic heterocycles. The van der Waals surface area contributed by atoms with Crippen LogP contribution in [0.25, 0.3) is 0 Å². The summed E-state index contributed by atoms with van der Waals surface area (Å²) in [5.74, 6) is 0. The van der Waals surface area contributed by atoms with Crippen molar-refractivity contribution < 1.29 is 0 Å². The van der Waals surface area contributed by atoms with Crippen LogP contribution in [0.4, 0.5) is 0 Å². The Labute approximate surface area is 97.2 Å². The lowest BCUT2D eigenvalue weighted by atomic mass is 9.98. The van der Waals surface area contributed by atoms with Gasteiger partial charge in [0.25, 0.3) is 0 Å². The van der Waals surface area contributed by atoms with Crippen molar-refractivity contribution in [2.45, 2.75) is 56.5 Å². The molecule has 1 aromatic heterocycles. The van der Waals surface area contributed by atoms with E-state index in [1.165, 1.54) is 19.3 Å². The van der Waals surface area contributed by atoms with Crippen molar-refractivity contribution in [2.75, 3.05) is 0 Å². The van der Waals surface area contributed by atoms with Crippen molar-refractivity contribution in [1.82, 2.24) is 10.2 Å². The van der Waals surface area contributed by atoms with Gasteiger partial charge in [0.2, 0.25) is 0 Å². The number of rotatable bonds is 0. The summed E-state index contributed by atoms with van der Waals surface area (Å²) in [6.45, 7) is 9.44. The summed E-state index contributed by atoms with van der Waals surface area (Å²) in [5.41, 5.74) is 0. The normalized spacial score (nSPS) is 22.7.